The van der Waals surface area contributed by atoms with E-state index in [1.807, 2.05) is 13.0 Å². The average molecular weight is 506 g/mol. The van der Waals surface area contributed by atoms with Crippen LogP contribution in [-0.2, 0) is 5.60 Å². The van der Waals surface area contributed by atoms with E-state index in [0.29, 0.717) is 16.7 Å². The van der Waals surface area contributed by atoms with Crippen LogP contribution in [0.3, 0.4) is 0 Å². The highest BCUT2D eigenvalue weighted by Crippen LogP contribution is 2.31. The van der Waals surface area contributed by atoms with Gasteiger partial charge in [0.05, 0.1) is 19.3 Å². The molecule has 2 N–H and O–H groups in total. The van der Waals surface area contributed by atoms with Crippen LogP contribution in [0.4, 0.5) is 8.78 Å². The van der Waals surface area contributed by atoms with Gasteiger partial charge in [-0.05, 0) is 74.9 Å². The first-order valence-electron chi connectivity index (χ1n) is 11.4. The Kier molecular flexibility index (Phi) is 7.00. The first kappa shape index (κ1) is 25.8. The van der Waals surface area contributed by atoms with Crippen molar-refractivity contribution in [2.24, 2.45) is 0 Å². The molecule has 190 valence electrons. The van der Waals surface area contributed by atoms with Gasteiger partial charge in [0.2, 0.25) is 0 Å². The maximum Gasteiger partial charge on any atom is 0.251 e. The van der Waals surface area contributed by atoms with Crippen LogP contribution in [0.15, 0.2) is 54.7 Å². The molecule has 0 aliphatic rings. The summed E-state index contributed by atoms with van der Waals surface area (Å²) in [7, 11) is 1.47. The minimum absolute atomic E-state index is 0.154. The molecule has 9 heteroatoms. The highest BCUT2D eigenvalue weighted by molar-refractivity contribution is 6.03. The number of benzene rings is 2. The zero-order chi connectivity index (χ0) is 26.9. The number of hydrogen-bond acceptors (Lipinski definition) is 6. The molecule has 0 atom stereocenters. The molecule has 0 aliphatic carbocycles. The van der Waals surface area contributed by atoms with Gasteiger partial charge in [0.1, 0.15) is 28.5 Å². The lowest BCUT2D eigenvalue weighted by atomic mass is 9.94. The number of amides is 1. The summed E-state index contributed by atoms with van der Waals surface area (Å²) in [5.74, 6) is -2.07. The van der Waals surface area contributed by atoms with Gasteiger partial charge in [-0.2, -0.15) is 0 Å². The van der Waals surface area contributed by atoms with E-state index in [2.05, 4.69) is 15.3 Å². The summed E-state index contributed by atoms with van der Waals surface area (Å²) in [6.07, 6.45) is 1.70. The van der Waals surface area contributed by atoms with Crippen molar-refractivity contribution in [1.29, 1.82) is 0 Å². The van der Waals surface area contributed by atoms with Crippen LogP contribution < -0.4 is 10.1 Å². The van der Waals surface area contributed by atoms with Crippen molar-refractivity contribution >= 4 is 22.6 Å². The first-order chi connectivity index (χ1) is 17.5. The topological polar surface area (TPSA) is 101 Å². The Balaban J connectivity index is 1.63. The number of ether oxygens (including phenoxy) is 1. The van der Waals surface area contributed by atoms with Crippen LogP contribution in [0, 0.1) is 18.6 Å². The van der Waals surface area contributed by atoms with E-state index in [-0.39, 0.29) is 28.1 Å². The molecule has 0 saturated heterocycles. The third-order valence-electron chi connectivity index (χ3n) is 5.80. The van der Waals surface area contributed by atoms with Crippen LogP contribution >= 0.6 is 0 Å². The SMILES string of the molecule is COc1cc(C(=O)NCC(=O)c2cc(C(C)(C)O)c(F)c(-c3ccc(F)cc3)n2)cc2cc(C)cnc12. The number of carbonyl (C=O) groups excluding carboxylic acids is 2. The molecule has 37 heavy (non-hydrogen) atoms. The quantitative estimate of drug-likeness (QED) is 0.352. The molecule has 0 saturated carbocycles. The van der Waals surface area contributed by atoms with Gasteiger partial charge in [0.15, 0.2) is 11.6 Å². The summed E-state index contributed by atoms with van der Waals surface area (Å²) in [4.78, 5) is 34.4. The number of rotatable bonds is 7. The smallest absolute Gasteiger partial charge is 0.251 e. The third-order valence-corrected chi connectivity index (χ3v) is 5.80. The molecule has 4 rings (SSSR count). The number of ketones is 1. The van der Waals surface area contributed by atoms with Gasteiger partial charge in [-0.1, -0.05) is 0 Å². The fourth-order valence-electron chi connectivity index (χ4n) is 3.88. The normalized spacial score (nSPS) is 11.4. The second-order valence-corrected chi connectivity index (χ2v) is 9.15. The maximum atomic E-state index is 15.2. The summed E-state index contributed by atoms with van der Waals surface area (Å²) in [5, 5.41) is 13.7. The van der Waals surface area contributed by atoms with Crippen molar-refractivity contribution in [2.45, 2.75) is 26.4 Å². The van der Waals surface area contributed by atoms with E-state index in [0.717, 1.165) is 23.8 Å². The van der Waals surface area contributed by atoms with Gasteiger partial charge in [-0.25, -0.2) is 13.8 Å². The molecule has 7 nitrogen and oxygen atoms in total. The van der Waals surface area contributed by atoms with E-state index in [4.69, 9.17) is 4.74 Å². The molecule has 2 aromatic carbocycles. The number of carbonyl (C=O) groups is 2. The number of fused-ring (bicyclic) bond motifs is 1. The van der Waals surface area contributed by atoms with Gasteiger partial charge >= 0.3 is 0 Å². The lowest BCUT2D eigenvalue weighted by molar-refractivity contribution is 0.0742. The highest BCUT2D eigenvalue weighted by atomic mass is 19.1. The molecular weight excluding hydrogens is 480 g/mol. The number of nitrogens with zero attached hydrogens (tertiary/aromatic N) is 2. The number of aromatic nitrogens is 2. The molecular formula is C28H25F2N3O4. The van der Waals surface area contributed by atoms with Gasteiger partial charge in [0.25, 0.3) is 5.91 Å². The highest BCUT2D eigenvalue weighted by Gasteiger charge is 2.27. The standard InChI is InChI=1S/C28H25F2N3O4/c1-15-9-17-10-18(11-23(37-4)25(17)31-13-15)27(35)32-14-22(34)21-12-20(28(2,3)36)24(30)26(33-21)16-5-7-19(29)8-6-16/h5-13,36H,14H2,1-4H3,(H,32,35). The van der Waals surface area contributed by atoms with Gasteiger partial charge in [0, 0.05) is 28.3 Å². The number of nitrogens with one attached hydrogen (secondary N) is 1. The summed E-state index contributed by atoms with van der Waals surface area (Å²) in [5.41, 5.74) is -0.151. The Labute approximate surface area is 212 Å². The lowest BCUT2D eigenvalue weighted by Gasteiger charge is -2.21. The third kappa shape index (κ3) is 5.46. The Morgan fingerprint density at radius 1 is 1.08 bits per heavy atom. The van der Waals surface area contributed by atoms with E-state index >= 15 is 4.39 Å². The van der Waals surface area contributed by atoms with Crippen molar-refractivity contribution in [3.8, 4) is 17.0 Å². The van der Waals surface area contributed by atoms with Crippen LogP contribution in [0.5, 0.6) is 5.75 Å². The fraction of sp³-hybridized carbons (Fsp3) is 0.214. The van der Waals surface area contributed by atoms with Crippen LogP contribution in [-0.4, -0.2) is 40.4 Å². The zero-order valence-corrected chi connectivity index (χ0v) is 20.7. The Hall–Kier alpha value is -4.24. The van der Waals surface area contributed by atoms with Crippen LogP contribution in [0.25, 0.3) is 22.2 Å². The summed E-state index contributed by atoms with van der Waals surface area (Å²) in [6.45, 7) is 4.19. The molecule has 0 radical (unpaired) electrons. The van der Waals surface area contributed by atoms with E-state index in [9.17, 15) is 19.1 Å². The predicted molar refractivity (Wildman–Crippen MR) is 135 cm³/mol. The number of hydrogen-bond donors (Lipinski definition) is 2. The van der Waals surface area contributed by atoms with Crippen molar-refractivity contribution < 1.29 is 28.2 Å². The molecule has 1 amide bonds. The zero-order valence-electron chi connectivity index (χ0n) is 20.7. The van der Waals surface area contributed by atoms with Gasteiger partial charge < -0.3 is 15.2 Å². The van der Waals surface area contributed by atoms with Gasteiger partial charge in [-0.3, -0.25) is 14.6 Å². The van der Waals surface area contributed by atoms with Crippen molar-refractivity contribution in [2.75, 3.05) is 13.7 Å². The van der Waals surface area contributed by atoms with Crippen LogP contribution in [0.1, 0.15) is 45.8 Å². The average Bonchev–Trinajstić information content (AvgIpc) is 2.86. The first-order valence-corrected chi connectivity index (χ1v) is 11.4. The molecule has 0 unspecified atom stereocenters. The Morgan fingerprint density at radius 2 is 1.78 bits per heavy atom. The minimum Gasteiger partial charge on any atom is -0.494 e. The van der Waals surface area contributed by atoms with Crippen molar-refractivity contribution in [1.82, 2.24) is 15.3 Å². The molecule has 4 aromatic rings. The number of methoxy groups -OCH3 is 1. The lowest BCUT2D eigenvalue weighted by Crippen LogP contribution is -2.30. The molecule has 0 fully saturated rings. The number of Topliss-reactive ketones (excluding diaryl/α,β-unsaturated/α-hetero) is 1. The number of aryl methyl sites for hydroxylation is 1. The largest absolute Gasteiger partial charge is 0.494 e. The maximum absolute atomic E-state index is 15.2. The predicted octanol–water partition coefficient (Wildman–Crippen LogP) is 4.73. The van der Waals surface area contributed by atoms with Crippen LogP contribution in [0.2, 0.25) is 0 Å². The molecule has 2 heterocycles. The number of halogens is 2. The molecule has 2 aromatic heterocycles. The molecule has 0 aliphatic heterocycles. The van der Waals surface area contributed by atoms with Crippen molar-refractivity contribution in [3.05, 3.63) is 88.7 Å². The second kappa shape index (κ2) is 10.0. The Morgan fingerprint density at radius 3 is 2.43 bits per heavy atom. The van der Waals surface area contributed by atoms with E-state index in [1.165, 1.54) is 39.2 Å². The van der Waals surface area contributed by atoms with E-state index < -0.39 is 35.5 Å². The molecule has 0 spiro atoms. The monoisotopic (exact) mass is 505 g/mol. The summed E-state index contributed by atoms with van der Waals surface area (Å²) >= 11 is 0. The second-order valence-electron chi connectivity index (χ2n) is 9.15. The van der Waals surface area contributed by atoms with Crippen molar-refractivity contribution in [3.63, 3.8) is 0 Å². The number of pyridine rings is 2. The number of aliphatic hydroxyl groups is 1. The minimum atomic E-state index is -1.63. The summed E-state index contributed by atoms with van der Waals surface area (Å²) in [6, 6.07) is 11.1. The van der Waals surface area contributed by atoms with E-state index in [1.54, 1.807) is 12.3 Å². The Bertz CT molecular complexity index is 1510. The molecule has 0 bridgehead atoms. The summed E-state index contributed by atoms with van der Waals surface area (Å²) < 4.78 is 34.0. The fourth-order valence-corrected chi connectivity index (χ4v) is 3.88. The van der Waals surface area contributed by atoms with Gasteiger partial charge in [-0.15, -0.1) is 0 Å².